The largest absolute Gasteiger partial charge is 0.380 e. The van der Waals surface area contributed by atoms with Gasteiger partial charge in [-0.25, -0.2) is 0 Å². The third-order valence-electron chi connectivity index (χ3n) is 2.19. The molecule has 0 aliphatic heterocycles. The molecule has 0 amide bonds. The minimum absolute atomic E-state index is 0.828. The number of hydrogen-bond donors (Lipinski definition) is 0. The van der Waals surface area contributed by atoms with E-state index in [-0.39, 0.29) is 0 Å². The molecule has 0 aromatic carbocycles. The molecule has 0 unspecified atom stereocenters. The molecule has 4 heteroatoms. The fraction of sp³-hybridized carbons (Fsp3) is 1.00. The predicted molar refractivity (Wildman–Crippen MR) is 68.0 cm³/mol. The smallest absolute Gasteiger partial charge is 0.0593 e. The van der Waals surface area contributed by atoms with Gasteiger partial charge in [-0.1, -0.05) is 0 Å². The van der Waals surface area contributed by atoms with Crippen LogP contribution < -0.4 is 0 Å². The lowest BCUT2D eigenvalue weighted by atomic mass is 10.3. The molecule has 0 aliphatic rings. The average Bonchev–Trinajstić information content (AvgIpc) is 2.20. The number of likely N-dealkylation sites (N-methyl/N-ethyl adjacent to an activating group) is 2. The molecule has 0 fully saturated rings. The Labute approximate surface area is 101 Å². The summed E-state index contributed by atoms with van der Waals surface area (Å²) in [5.74, 6) is 0. The van der Waals surface area contributed by atoms with E-state index in [1.807, 2.05) is 0 Å². The van der Waals surface area contributed by atoms with Crippen molar-refractivity contribution in [3.05, 3.63) is 0 Å². The Bertz CT molecular complexity index is 125. The zero-order chi connectivity index (χ0) is 12.2. The molecule has 0 aromatic rings. The van der Waals surface area contributed by atoms with Gasteiger partial charge >= 0.3 is 0 Å². The molecule has 0 saturated carbocycles. The van der Waals surface area contributed by atoms with Gasteiger partial charge in [0.1, 0.15) is 0 Å². The second-order valence-electron chi connectivity index (χ2n) is 4.54. The molecule has 0 radical (unpaired) electrons. The highest BCUT2D eigenvalue weighted by atomic mass is 16.5. The summed E-state index contributed by atoms with van der Waals surface area (Å²) in [6, 6.07) is 0. The van der Waals surface area contributed by atoms with Crippen LogP contribution in [0.2, 0.25) is 0 Å². The third kappa shape index (κ3) is 13.8. The highest BCUT2D eigenvalue weighted by Crippen LogP contribution is 1.92. The summed E-state index contributed by atoms with van der Waals surface area (Å²) >= 11 is 0. The Kier molecular flexibility index (Phi) is 11.2. The maximum Gasteiger partial charge on any atom is 0.0593 e. The summed E-state index contributed by atoms with van der Waals surface area (Å²) in [7, 11) is 8.23. The van der Waals surface area contributed by atoms with Crippen molar-refractivity contribution in [2.75, 3.05) is 67.7 Å². The zero-order valence-electron chi connectivity index (χ0n) is 11.4. The first-order valence-corrected chi connectivity index (χ1v) is 6.08. The van der Waals surface area contributed by atoms with Crippen molar-refractivity contribution >= 4 is 0 Å². The first-order valence-electron chi connectivity index (χ1n) is 6.08. The quantitative estimate of drug-likeness (QED) is 0.495. The van der Waals surface area contributed by atoms with Crippen molar-refractivity contribution in [2.45, 2.75) is 12.8 Å². The van der Waals surface area contributed by atoms with Crippen LogP contribution in [-0.4, -0.2) is 77.5 Å². The highest BCUT2D eigenvalue weighted by molar-refractivity contribution is 4.43. The zero-order valence-corrected chi connectivity index (χ0v) is 11.4. The van der Waals surface area contributed by atoms with Gasteiger partial charge < -0.3 is 19.3 Å². The van der Waals surface area contributed by atoms with Crippen molar-refractivity contribution in [3.63, 3.8) is 0 Å². The van der Waals surface area contributed by atoms with E-state index < -0.39 is 0 Å². The van der Waals surface area contributed by atoms with Crippen LogP contribution in [0.3, 0.4) is 0 Å². The minimum atomic E-state index is 0.828. The third-order valence-corrected chi connectivity index (χ3v) is 2.19. The van der Waals surface area contributed by atoms with E-state index in [4.69, 9.17) is 9.47 Å². The lowest BCUT2D eigenvalue weighted by Crippen LogP contribution is -2.19. The highest BCUT2D eigenvalue weighted by Gasteiger charge is 1.93. The van der Waals surface area contributed by atoms with Gasteiger partial charge in [0.25, 0.3) is 0 Å². The minimum Gasteiger partial charge on any atom is -0.380 e. The first kappa shape index (κ1) is 15.8. The van der Waals surface area contributed by atoms with Crippen LogP contribution in [0.15, 0.2) is 0 Å². The van der Waals surface area contributed by atoms with E-state index >= 15 is 0 Å². The summed E-state index contributed by atoms with van der Waals surface area (Å²) in [6.45, 7) is 5.36. The Balaban J connectivity index is 2.93. The van der Waals surface area contributed by atoms with Crippen LogP contribution in [0.25, 0.3) is 0 Å². The topological polar surface area (TPSA) is 24.9 Å². The number of nitrogens with zero attached hydrogens (tertiary/aromatic N) is 2. The van der Waals surface area contributed by atoms with Crippen LogP contribution in [-0.2, 0) is 9.47 Å². The van der Waals surface area contributed by atoms with Crippen molar-refractivity contribution in [2.24, 2.45) is 0 Å². The van der Waals surface area contributed by atoms with Gasteiger partial charge in [0.15, 0.2) is 0 Å². The molecule has 16 heavy (non-hydrogen) atoms. The molecule has 0 spiro atoms. The fourth-order valence-corrected chi connectivity index (χ4v) is 1.11. The normalized spacial score (nSPS) is 11.6. The maximum atomic E-state index is 5.48. The monoisotopic (exact) mass is 232 g/mol. The Hall–Kier alpha value is -0.160. The standard InChI is InChI=1S/C12H28N2O2/c1-13(2)7-11-15-9-5-6-10-16-12-8-14(3)4/h5-12H2,1-4H3. The van der Waals surface area contributed by atoms with E-state index in [1.165, 1.54) is 0 Å². The Morgan fingerprint density at radius 3 is 1.31 bits per heavy atom. The van der Waals surface area contributed by atoms with Crippen LogP contribution in [0.4, 0.5) is 0 Å². The van der Waals surface area contributed by atoms with Crippen molar-refractivity contribution < 1.29 is 9.47 Å². The molecule has 98 valence electrons. The van der Waals surface area contributed by atoms with Crippen LogP contribution in [0.5, 0.6) is 0 Å². The van der Waals surface area contributed by atoms with Crippen molar-refractivity contribution in [3.8, 4) is 0 Å². The van der Waals surface area contributed by atoms with Crippen LogP contribution in [0.1, 0.15) is 12.8 Å². The van der Waals surface area contributed by atoms with Gasteiger partial charge in [-0.2, -0.15) is 0 Å². The summed E-state index contributed by atoms with van der Waals surface area (Å²) in [6.07, 6.45) is 2.19. The molecule has 0 saturated heterocycles. The number of ether oxygens (including phenoxy) is 2. The van der Waals surface area contributed by atoms with Crippen LogP contribution in [0, 0.1) is 0 Å². The van der Waals surface area contributed by atoms with Gasteiger partial charge in [-0.3, -0.25) is 0 Å². The summed E-state index contributed by atoms with van der Waals surface area (Å²) in [5, 5.41) is 0. The van der Waals surface area contributed by atoms with E-state index in [2.05, 4.69) is 38.0 Å². The Morgan fingerprint density at radius 1 is 0.625 bits per heavy atom. The number of rotatable bonds is 11. The van der Waals surface area contributed by atoms with Crippen molar-refractivity contribution in [1.82, 2.24) is 9.80 Å². The molecule has 0 atom stereocenters. The maximum absolute atomic E-state index is 5.48. The van der Waals surface area contributed by atoms with E-state index in [0.717, 1.165) is 52.4 Å². The number of unbranched alkanes of at least 4 members (excludes halogenated alkanes) is 1. The summed E-state index contributed by atoms with van der Waals surface area (Å²) in [4.78, 5) is 4.26. The molecule has 4 nitrogen and oxygen atoms in total. The predicted octanol–water partition coefficient (Wildman–Crippen LogP) is 0.923. The second-order valence-corrected chi connectivity index (χ2v) is 4.54. The molecule has 0 N–H and O–H groups in total. The van der Waals surface area contributed by atoms with Gasteiger partial charge in [-0.05, 0) is 41.0 Å². The average molecular weight is 232 g/mol. The SMILES string of the molecule is CN(C)CCOCCCCOCCN(C)C. The van der Waals surface area contributed by atoms with Gasteiger partial charge in [0, 0.05) is 26.3 Å². The van der Waals surface area contributed by atoms with E-state index in [1.54, 1.807) is 0 Å². The first-order chi connectivity index (χ1) is 7.63. The molecule has 0 aromatic heterocycles. The second kappa shape index (κ2) is 11.3. The molecule has 0 bridgehead atoms. The van der Waals surface area contributed by atoms with Crippen LogP contribution >= 0.6 is 0 Å². The molecule has 0 rings (SSSR count). The molecule has 0 heterocycles. The molecular formula is C12H28N2O2. The lowest BCUT2D eigenvalue weighted by Gasteiger charge is -2.10. The Morgan fingerprint density at radius 2 is 1.00 bits per heavy atom. The van der Waals surface area contributed by atoms with E-state index in [0.29, 0.717) is 0 Å². The van der Waals surface area contributed by atoms with Gasteiger partial charge in [0.2, 0.25) is 0 Å². The summed E-state index contributed by atoms with van der Waals surface area (Å²) in [5.41, 5.74) is 0. The molecule has 0 aliphatic carbocycles. The number of hydrogen-bond acceptors (Lipinski definition) is 4. The summed E-state index contributed by atoms with van der Waals surface area (Å²) < 4.78 is 11.0. The van der Waals surface area contributed by atoms with Crippen molar-refractivity contribution in [1.29, 1.82) is 0 Å². The lowest BCUT2D eigenvalue weighted by molar-refractivity contribution is 0.0898. The molecular weight excluding hydrogens is 204 g/mol. The van der Waals surface area contributed by atoms with Gasteiger partial charge in [-0.15, -0.1) is 0 Å². The van der Waals surface area contributed by atoms with E-state index in [9.17, 15) is 0 Å². The fourth-order valence-electron chi connectivity index (χ4n) is 1.11. The van der Waals surface area contributed by atoms with Gasteiger partial charge in [0.05, 0.1) is 13.2 Å².